The number of hydrogen-bond donors (Lipinski definition) is 0. The van der Waals surface area contributed by atoms with Gasteiger partial charge in [0.25, 0.3) is 0 Å². The molecule has 0 spiro atoms. The van der Waals surface area contributed by atoms with Gasteiger partial charge in [0.1, 0.15) is 0 Å². The zero-order valence-corrected chi connectivity index (χ0v) is 12.1. The lowest BCUT2D eigenvalue weighted by Gasteiger charge is -1.98. The van der Waals surface area contributed by atoms with Crippen LogP contribution in [-0.4, -0.2) is 4.98 Å². The second-order valence-electron chi connectivity index (χ2n) is 3.91. The van der Waals surface area contributed by atoms with Gasteiger partial charge in [-0.1, -0.05) is 28.1 Å². The molecule has 0 unspecified atom stereocenters. The van der Waals surface area contributed by atoms with E-state index in [9.17, 15) is 0 Å². The van der Waals surface area contributed by atoms with E-state index in [4.69, 9.17) is 4.42 Å². The summed E-state index contributed by atoms with van der Waals surface area (Å²) in [5, 5.41) is 0.926. The summed E-state index contributed by atoms with van der Waals surface area (Å²) in [4.78, 5) is 5.86. The van der Waals surface area contributed by atoms with Gasteiger partial charge < -0.3 is 4.42 Å². The van der Waals surface area contributed by atoms with Crippen molar-refractivity contribution >= 4 is 27.3 Å². The van der Waals surface area contributed by atoms with Gasteiger partial charge in [-0.25, -0.2) is 4.98 Å². The molecule has 90 valence electrons. The number of thiazole rings is 1. The summed E-state index contributed by atoms with van der Waals surface area (Å²) in [6.07, 6.45) is 1.67. The lowest BCUT2D eigenvalue weighted by atomic mass is 10.1. The third kappa shape index (κ3) is 2.13. The first kappa shape index (κ1) is 11.7. The van der Waals surface area contributed by atoms with E-state index in [1.807, 2.05) is 24.3 Å². The normalized spacial score (nSPS) is 10.8. The number of hydrogen-bond acceptors (Lipinski definition) is 3. The standard InChI is InChI=1S/C14H10BrNOS/c1-9-13(10-4-6-11(15)7-5-10)16-14(18-9)12-3-2-8-17-12/h2-8H,1H3. The highest BCUT2D eigenvalue weighted by atomic mass is 79.9. The highest BCUT2D eigenvalue weighted by molar-refractivity contribution is 9.10. The molecule has 0 aliphatic rings. The molecule has 3 rings (SSSR count). The summed E-state index contributed by atoms with van der Waals surface area (Å²) in [5.74, 6) is 0.825. The second kappa shape index (κ2) is 4.71. The van der Waals surface area contributed by atoms with E-state index in [-0.39, 0.29) is 0 Å². The molecule has 4 heteroatoms. The molecule has 0 radical (unpaired) electrons. The predicted molar refractivity (Wildman–Crippen MR) is 77.7 cm³/mol. The van der Waals surface area contributed by atoms with Crippen LogP contribution >= 0.6 is 27.3 Å². The minimum absolute atomic E-state index is 0.825. The van der Waals surface area contributed by atoms with Gasteiger partial charge >= 0.3 is 0 Å². The van der Waals surface area contributed by atoms with Crippen molar-refractivity contribution in [2.75, 3.05) is 0 Å². The van der Waals surface area contributed by atoms with Crippen molar-refractivity contribution in [1.29, 1.82) is 0 Å². The van der Waals surface area contributed by atoms with E-state index in [0.29, 0.717) is 0 Å². The monoisotopic (exact) mass is 319 g/mol. The number of halogens is 1. The number of aryl methyl sites for hydroxylation is 1. The Morgan fingerprint density at radius 1 is 1.17 bits per heavy atom. The van der Waals surface area contributed by atoms with Crippen molar-refractivity contribution in [2.24, 2.45) is 0 Å². The molecular weight excluding hydrogens is 310 g/mol. The van der Waals surface area contributed by atoms with Crippen molar-refractivity contribution in [2.45, 2.75) is 6.92 Å². The van der Waals surface area contributed by atoms with Crippen LogP contribution in [0.15, 0.2) is 51.6 Å². The van der Waals surface area contributed by atoms with E-state index in [0.717, 1.165) is 26.5 Å². The first-order valence-electron chi connectivity index (χ1n) is 5.51. The smallest absolute Gasteiger partial charge is 0.162 e. The Labute approximate surface area is 117 Å². The van der Waals surface area contributed by atoms with Crippen molar-refractivity contribution in [3.63, 3.8) is 0 Å². The van der Waals surface area contributed by atoms with E-state index in [1.54, 1.807) is 17.6 Å². The van der Waals surface area contributed by atoms with Crippen molar-refractivity contribution in [1.82, 2.24) is 4.98 Å². The van der Waals surface area contributed by atoms with Gasteiger partial charge in [0, 0.05) is 14.9 Å². The van der Waals surface area contributed by atoms with Gasteiger partial charge in [0.15, 0.2) is 10.8 Å². The summed E-state index contributed by atoms with van der Waals surface area (Å²) in [7, 11) is 0. The third-order valence-electron chi connectivity index (χ3n) is 2.65. The summed E-state index contributed by atoms with van der Waals surface area (Å²) in [6.45, 7) is 2.08. The van der Waals surface area contributed by atoms with E-state index in [2.05, 4.69) is 40.0 Å². The van der Waals surface area contributed by atoms with Crippen LogP contribution in [0.25, 0.3) is 22.0 Å². The fourth-order valence-electron chi connectivity index (χ4n) is 1.78. The van der Waals surface area contributed by atoms with Gasteiger partial charge in [-0.05, 0) is 31.2 Å². The maximum Gasteiger partial charge on any atom is 0.162 e. The van der Waals surface area contributed by atoms with Crippen LogP contribution in [0.5, 0.6) is 0 Å². The van der Waals surface area contributed by atoms with Crippen LogP contribution in [0.3, 0.4) is 0 Å². The maximum absolute atomic E-state index is 5.38. The minimum Gasteiger partial charge on any atom is -0.462 e. The molecule has 0 bridgehead atoms. The van der Waals surface area contributed by atoms with Crippen molar-refractivity contribution in [3.05, 3.63) is 52.0 Å². The summed E-state index contributed by atoms with van der Waals surface area (Å²) < 4.78 is 6.46. The number of nitrogens with zero attached hydrogens (tertiary/aromatic N) is 1. The quantitative estimate of drug-likeness (QED) is 0.653. The SMILES string of the molecule is Cc1sc(-c2ccco2)nc1-c1ccc(Br)cc1. The van der Waals surface area contributed by atoms with E-state index < -0.39 is 0 Å². The number of rotatable bonds is 2. The van der Waals surface area contributed by atoms with Crippen molar-refractivity contribution < 1.29 is 4.42 Å². The maximum atomic E-state index is 5.38. The molecule has 2 nitrogen and oxygen atoms in total. The molecule has 18 heavy (non-hydrogen) atoms. The third-order valence-corrected chi connectivity index (χ3v) is 4.16. The number of benzene rings is 1. The zero-order chi connectivity index (χ0) is 12.5. The van der Waals surface area contributed by atoms with Crippen molar-refractivity contribution in [3.8, 4) is 22.0 Å². The van der Waals surface area contributed by atoms with Gasteiger partial charge in [-0.3, -0.25) is 0 Å². The Kier molecular flexibility index (Phi) is 3.06. The summed E-state index contributed by atoms with van der Waals surface area (Å²) in [5.41, 5.74) is 2.16. The summed E-state index contributed by atoms with van der Waals surface area (Å²) >= 11 is 5.09. The lowest BCUT2D eigenvalue weighted by Crippen LogP contribution is -1.80. The van der Waals surface area contributed by atoms with Gasteiger partial charge in [0.2, 0.25) is 0 Å². The first-order chi connectivity index (χ1) is 8.74. The molecule has 0 aliphatic carbocycles. The molecule has 2 aromatic heterocycles. The van der Waals surface area contributed by atoms with Crippen LogP contribution in [-0.2, 0) is 0 Å². The van der Waals surface area contributed by atoms with Crippen LogP contribution < -0.4 is 0 Å². The molecule has 0 amide bonds. The minimum atomic E-state index is 0.825. The van der Waals surface area contributed by atoms with Crippen LogP contribution in [0, 0.1) is 6.92 Å². The van der Waals surface area contributed by atoms with Crippen LogP contribution in [0.1, 0.15) is 4.88 Å². The van der Waals surface area contributed by atoms with Gasteiger partial charge in [-0.2, -0.15) is 0 Å². The molecule has 0 saturated carbocycles. The largest absolute Gasteiger partial charge is 0.462 e. The van der Waals surface area contributed by atoms with Crippen LogP contribution in [0.2, 0.25) is 0 Å². The Morgan fingerprint density at radius 2 is 1.94 bits per heavy atom. The topological polar surface area (TPSA) is 26.0 Å². The molecule has 3 aromatic rings. The second-order valence-corrected chi connectivity index (χ2v) is 6.03. The van der Waals surface area contributed by atoms with E-state index >= 15 is 0 Å². The molecular formula is C14H10BrNOS. The van der Waals surface area contributed by atoms with E-state index in [1.165, 1.54) is 4.88 Å². The molecule has 0 N–H and O–H groups in total. The first-order valence-corrected chi connectivity index (χ1v) is 7.12. The summed E-state index contributed by atoms with van der Waals surface area (Å²) in [6, 6.07) is 12.0. The molecule has 0 saturated heterocycles. The predicted octanol–water partition coefficient (Wildman–Crippen LogP) is 5.14. The molecule has 2 heterocycles. The molecule has 0 aliphatic heterocycles. The fraction of sp³-hybridized carbons (Fsp3) is 0.0714. The fourth-order valence-corrected chi connectivity index (χ4v) is 2.95. The Morgan fingerprint density at radius 3 is 2.61 bits per heavy atom. The van der Waals surface area contributed by atoms with Crippen LogP contribution in [0.4, 0.5) is 0 Å². The number of furan rings is 1. The average Bonchev–Trinajstić information content (AvgIpc) is 2.99. The molecule has 1 aromatic carbocycles. The molecule has 0 atom stereocenters. The van der Waals surface area contributed by atoms with Gasteiger partial charge in [0.05, 0.1) is 12.0 Å². The Balaban J connectivity index is 2.06. The highest BCUT2D eigenvalue weighted by Gasteiger charge is 2.12. The average molecular weight is 320 g/mol. The Bertz CT molecular complexity index is 656. The molecule has 0 fully saturated rings. The highest BCUT2D eigenvalue weighted by Crippen LogP contribution is 2.33. The zero-order valence-electron chi connectivity index (χ0n) is 9.68. The Hall–Kier alpha value is -1.39. The lowest BCUT2D eigenvalue weighted by molar-refractivity contribution is 0.582. The van der Waals surface area contributed by atoms with Gasteiger partial charge in [-0.15, -0.1) is 11.3 Å². The number of aromatic nitrogens is 1.